The summed E-state index contributed by atoms with van der Waals surface area (Å²) in [4.78, 5) is 24.1. The van der Waals surface area contributed by atoms with Crippen LogP contribution in [0, 0.1) is 13.8 Å². The third-order valence-corrected chi connectivity index (χ3v) is 6.04. The molecule has 4 aromatic rings. The Morgan fingerprint density at radius 3 is 1.45 bits per heavy atom. The molecule has 0 amide bonds. The molecule has 0 spiro atoms. The Balaban J connectivity index is 1.93. The molecule has 0 fully saturated rings. The lowest BCUT2D eigenvalue weighted by molar-refractivity contribution is -0.140. The highest BCUT2D eigenvalue weighted by Crippen LogP contribution is 2.41. The molecule has 0 unspecified atom stereocenters. The van der Waals surface area contributed by atoms with Gasteiger partial charge in [0.05, 0.1) is 27.1 Å². The fraction of sp³-hybridized carbons (Fsp3) is 0.214. The number of carbonyl (C=O) groups is 2. The van der Waals surface area contributed by atoms with Crippen molar-refractivity contribution in [3.63, 3.8) is 0 Å². The van der Waals surface area contributed by atoms with Crippen molar-refractivity contribution in [2.45, 2.75) is 26.7 Å². The summed E-state index contributed by atoms with van der Waals surface area (Å²) >= 11 is 0. The van der Waals surface area contributed by atoms with E-state index in [0.29, 0.717) is 11.5 Å². The van der Waals surface area contributed by atoms with Crippen LogP contribution >= 0.6 is 0 Å². The molecule has 5 nitrogen and oxygen atoms in total. The van der Waals surface area contributed by atoms with Crippen LogP contribution in [0.4, 0.5) is 0 Å². The van der Waals surface area contributed by atoms with E-state index in [1.165, 1.54) is 14.2 Å². The van der Waals surface area contributed by atoms with Crippen LogP contribution in [0.5, 0.6) is 11.5 Å². The molecule has 4 rings (SSSR count). The lowest BCUT2D eigenvalue weighted by atomic mass is 9.96. The van der Waals surface area contributed by atoms with Crippen molar-refractivity contribution in [3.05, 3.63) is 82.9 Å². The van der Waals surface area contributed by atoms with Gasteiger partial charge in [0.2, 0.25) is 0 Å². The highest BCUT2D eigenvalue weighted by molar-refractivity contribution is 5.95. The standard InChI is InChI=1S/C28H26O5/c1-17-21(15-25(29)31-3)13-19-9-5-7-11-23(19)27(17)33-28-18(2)22(16-26(30)32-4)14-20-10-6-8-12-24(20)28/h5-14H,15-16H2,1-4H3. The van der Waals surface area contributed by atoms with Crippen LogP contribution in [-0.4, -0.2) is 26.2 Å². The maximum Gasteiger partial charge on any atom is 0.309 e. The predicted molar refractivity (Wildman–Crippen MR) is 129 cm³/mol. The van der Waals surface area contributed by atoms with Crippen LogP contribution in [0.3, 0.4) is 0 Å². The second kappa shape index (κ2) is 9.33. The third-order valence-electron chi connectivity index (χ3n) is 6.04. The van der Waals surface area contributed by atoms with Crippen LogP contribution in [0.25, 0.3) is 21.5 Å². The molecular formula is C28H26O5. The zero-order valence-electron chi connectivity index (χ0n) is 19.2. The maximum absolute atomic E-state index is 12.0. The summed E-state index contributed by atoms with van der Waals surface area (Å²) in [6, 6.07) is 19.9. The number of fused-ring (bicyclic) bond motifs is 2. The molecule has 0 aromatic heterocycles. The third kappa shape index (κ3) is 4.40. The van der Waals surface area contributed by atoms with Gasteiger partial charge in [-0.25, -0.2) is 0 Å². The number of methoxy groups -OCH3 is 2. The molecule has 0 bridgehead atoms. The van der Waals surface area contributed by atoms with Gasteiger partial charge in [-0.3, -0.25) is 9.59 Å². The first-order valence-electron chi connectivity index (χ1n) is 10.8. The molecule has 0 saturated carbocycles. The van der Waals surface area contributed by atoms with Crippen molar-refractivity contribution in [1.82, 2.24) is 0 Å². The van der Waals surface area contributed by atoms with Gasteiger partial charge in [-0.15, -0.1) is 0 Å². The molecule has 33 heavy (non-hydrogen) atoms. The molecule has 0 radical (unpaired) electrons. The smallest absolute Gasteiger partial charge is 0.309 e. The second-order valence-corrected chi connectivity index (χ2v) is 8.03. The highest BCUT2D eigenvalue weighted by atomic mass is 16.5. The molecule has 5 heteroatoms. The van der Waals surface area contributed by atoms with E-state index in [2.05, 4.69) is 0 Å². The van der Waals surface area contributed by atoms with Crippen LogP contribution in [-0.2, 0) is 31.9 Å². The van der Waals surface area contributed by atoms with E-state index in [1.54, 1.807) is 0 Å². The summed E-state index contributed by atoms with van der Waals surface area (Å²) < 4.78 is 16.5. The van der Waals surface area contributed by atoms with Crippen molar-refractivity contribution in [2.24, 2.45) is 0 Å². The summed E-state index contributed by atoms with van der Waals surface area (Å²) in [7, 11) is 2.77. The van der Waals surface area contributed by atoms with E-state index >= 15 is 0 Å². The van der Waals surface area contributed by atoms with Crippen LogP contribution in [0.15, 0.2) is 60.7 Å². The first kappa shape index (κ1) is 22.3. The zero-order chi connectivity index (χ0) is 23.5. The van der Waals surface area contributed by atoms with E-state index in [1.807, 2.05) is 74.5 Å². The lowest BCUT2D eigenvalue weighted by Gasteiger charge is -2.20. The highest BCUT2D eigenvalue weighted by Gasteiger charge is 2.19. The normalized spacial score (nSPS) is 10.9. The van der Waals surface area contributed by atoms with Crippen molar-refractivity contribution >= 4 is 33.5 Å². The van der Waals surface area contributed by atoms with Crippen molar-refractivity contribution in [1.29, 1.82) is 0 Å². The largest absolute Gasteiger partial charge is 0.469 e. The minimum absolute atomic E-state index is 0.158. The average Bonchev–Trinajstić information content (AvgIpc) is 2.83. The molecule has 4 aromatic carbocycles. The Kier molecular flexibility index (Phi) is 6.31. The molecule has 0 N–H and O–H groups in total. The van der Waals surface area contributed by atoms with Gasteiger partial charge in [0.15, 0.2) is 0 Å². The van der Waals surface area contributed by atoms with Crippen LogP contribution in [0.2, 0.25) is 0 Å². The maximum atomic E-state index is 12.0. The summed E-state index contributed by atoms with van der Waals surface area (Å²) in [5, 5.41) is 3.85. The predicted octanol–water partition coefficient (Wildman–Crippen LogP) is 5.83. The second-order valence-electron chi connectivity index (χ2n) is 8.03. The molecule has 0 saturated heterocycles. The Morgan fingerprint density at radius 2 is 1.06 bits per heavy atom. The zero-order valence-corrected chi connectivity index (χ0v) is 19.2. The molecule has 0 heterocycles. The number of carbonyl (C=O) groups excluding carboxylic acids is 2. The molecule has 168 valence electrons. The van der Waals surface area contributed by atoms with E-state index in [9.17, 15) is 9.59 Å². The number of rotatable bonds is 6. The SMILES string of the molecule is COC(=O)Cc1cc2ccccc2c(Oc2c(C)c(CC(=O)OC)cc3ccccc23)c1C. The van der Waals surface area contributed by atoms with Gasteiger partial charge in [-0.2, -0.15) is 0 Å². The Morgan fingerprint density at radius 1 is 0.667 bits per heavy atom. The minimum atomic E-state index is -0.305. The molecule has 0 atom stereocenters. The quantitative estimate of drug-likeness (QED) is 0.352. The summed E-state index contributed by atoms with van der Waals surface area (Å²) in [5.74, 6) is 0.771. The van der Waals surface area contributed by atoms with Gasteiger partial charge < -0.3 is 14.2 Å². The minimum Gasteiger partial charge on any atom is -0.469 e. The van der Waals surface area contributed by atoms with Gasteiger partial charge in [0.25, 0.3) is 0 Å². The number of hydrogen-bond donors (Lipinski definition) is 0. The van der Waals surface area contributed by atoms with Gasteiger partial charge in [0, 0.05) is 10.8 Å². The molecule has 0 aliphatic heterocycles. The molecule has 0 aliphatic rings. The topological polar surface area (TPSA) is 61.8 Å². The van der Waals surface area contributed by atoms with E-state index < -0.39 is 0 Å². The Hall–Kier alpha value is -3.86. The van der Waals surface area contributed by atoms with E-state index in [-0.39, 0.29) is 24.8 Å². The Bertz CT molecular complexity index is 1260. The number of esters is 2. The summed E-state index contributed by atoms with van der Waals surface area (Å²) in [6.45, 7) is 3.91. The van der Waals surface area contributed by atoms with Crippen LogP contribution < -0.4 is 4.74 Å². The van der Waals surface area contributed by atoms with Crippen molar-refractivity contribution in [2.75, 3.05) is 14.2 Å². The van der Waals surface area contributed by atoms with Gasteiger partial charge in [-0.1, -0.05) is 60.7 Å². The van der Waals surface area contributed by atoms with E-state index in [0.717, 1.165) is 43.8 Å². The molecule has 0 aliphatic carbocycles. The number of ether oxygens (including phenoxy) is 3. The van der Waals surface area contributed by atoms with E-state index in [4.69, 9.17) is 14.2 Å². The fourth-order valence-electron chi connectivity index (χ4n) is 4.13. The lowest BCUT2D eigenvalue weighted by Crippen LogP contribution is -2.08. The fourth-order valence-corrected chi connectivity index (χ4v) is 4.13. The average molecular weight is 443 g/mol. The molecular weight excluding hydrogens is 416 g/mol. The number of benzene rings is 4. The Labute approximate surface area is 192 Å². The first-order chi connectivity index (χ1) is 15.9. The van der Waals surface area contributed by atoms with Crippen LogP contribution in [0.1, 0.15) is 22.3 Å². The van der Waals surface area contributed by atoms with Crippen molar-refractivity contribution in [3.8, 4) is 11.5 Å². The monoisotopic (exact) mass is 442 g/mol. The number of hydrogen-bond acceptors (Lipinski definition) is 5. The van der Waals surface area contributed by atoms with Gasteiger partial charge >= 0.3 is 11.9 Å². The van der Waals surface area contributed by atoms with Gasteiger partial charge in [-0.05, 0) is 46.9 Å². The summed E-state index contributed by atoms with van der Waals surface area (Å²) in [6.07, 6.45) is 0.317. The van der Waals surface area contributed by atoms with Gasteiger partial charge in [0.1, 0.15) is 11.5 Å². The van der Waals surface area contributed by atoms with Crippen molar-refractivity contribution < 1.29 is 23.8 Å². The summed E-state index contributed by atoms with van der Waals surface area (Å²) in [5.41, 5.74) is 3.45. The first-order valence-corrected chi connectivity index (χ1v) is 10.8.